The smallest absolute Gasteiger partial charge is 0 e. The zero-order chi connectivity index (χ0) is 6.97. The first-order chi connectivity index (χ1) is 4.88. The largest absolute Gasteiger partial charge is 0.358 e. The molecule has 1 heteroatoms. The molecule has 0 bridgehead atoms. The van der Waals surface area contributed by atoms with E-state index in [-0.39, 0.29) is 40.1 Å². The third kappa shape index (κ3) is 2.05. The van der Waals surface area contributed by atoms with Crippen LogP contribution in [0.25, 0.3) is 5.57 Å². The molecule has 0 heterocycles. The molecule has 0 aromatic heterocycles. The van der Waals surface area contributed by atoms with E-state index in [1.807, 2.05) is 0 Å². The second-order valence-electron chi connectivity index (χ2n) is 2.75. The van der Waals surface area contributed by atoms with Crippen molar-refractivity contribution in [3.05, 3.63) is 48.9 Å². The molecule has 0 fully saturated rings. The zero-order valence-corrected chi connectivity index (χ0v) is 10.5. The molecule has 0 aliphatic heterocycles. The molecule has 0 atom stereocenters. The second kappa shape index (κ2) is 4.94. The van der Waals surface area contributed by atoms with Crippen molar-refractivity contribution in [3.63, 3.8) is 0 Å². The number of allylic oxidation sites excluding steroid dienone is 2. The molecule has 1 aliphatic carbocycles. The predicted octanol–water partition coefficient (Wildman–Crippen LogP) is 3.09. The van der Waals surface area contributed by atoms with Gasteiger partial charge in [-0.3, -0.25) is 0 Å². The summed E-state index contributed by atoms with van der Waals surface area (Å²) in [5, 5.41) is 0. The molecule has 1 aromatic carbocycles. The maximum atomic E-state index is 2.28. The second-order valence-corrected chi connectivity index (χ2v) is 2.75. The Morgan fingerprint density at radius 3 is 2.50 bits per heavy atom. The average Bonchev–Trinajstić information content (AvgIpc) is 2.34. The summed E-state index contributed by atoms with van der Waals surface area (Å²) in [6.45, 7) is 2.17. The molecule has 0 unspecified atom stereocenters. The van der Waals surface area contributed by atoms with E-state index in [0.29, 0.717) is 0 Å². The molecule has 0 spiro atoms. The minimum absolute atomic E-state index is 0. The topological polar surface area (TPSA) is 0 Å². The first kappa shape index (κ1) is 12.1. The standard InChI is InChI=1S/C10H10.CH3.Y/c1-8-6-7-9-4-2-3-5-10(8)9;;/h2-6H,7H2,1H3;1H3;/q;-1;. The molecular weight excluding hydrogens is 221 g/mol. The van der Waals surface area contributed by atoms with Gasteiger partial charge < -0.3 is 7.43 Å². The molecule has 0 N–H and O–H groups in total. The van der Waals surface area contributed by atoms with E-state index in [9.17, 15) is 0 Å². The minimum atomic E-state index is 0. The molecule has 0 saturated carbocycles. The van der Waals surface area contributed by atoms with Gasteiger partial charge in [0.05, 0.1) is 0 Å². The SMILES string of the molecule is CC1=CCc2ccccc21.[CH3-].[Y]. The van der Waals surface area contributed by atoms with Crippen LogP contribution >= 0.6 is 0 Å². The summed E-state index contributed by atoms with van der Waals surface area (Å²) in [7, 11) is 0. The summed E-state index contributed by atoms with van der Waals surface area (Å²) < 4.78 is 0. The normalized spacial score (nSPS) is 12.2. The van der Waals surface area contributed by atoms with Crippen molar-refractivity contribution in [2.45, 2.75) is 13.3 Å². The van der Waals surface area contributed by atoms with Crippen molar-refractivity contribution < 1.29 is 32.7 Å². The predicted molar refractivity (Wildman–Crippen MR) is 50.2 cm³/mol. The van der Waals surface area contributed by atoms with Crippen LogP contribution in [0, 0.1) is 7.43 Å². The molecule has 12 heavy (non-hydrogen) atoms. The minimum Gasteiger partial charge on any atom is -0.358 e. The number of hydrogen-bond donors (Lipinski definition) is 0. The van der Waals surface area contributed by atoms with E-state index in [1.54, 1.807) is 0 Å². The van der Waals surface area contributed by atoms with E-state index < -0.39 is 0 Å². The van der Waals surface area contributed by atoms with Crippen molar-refractivity contribution in [3.8, 4) is 0 Å². The van der Waals surface area contributed by atoms with Gasteiger partial charge in [0.1, 0.15) is 0 Å². The molecular formula is C11H13Y-. The Labute approximate surface area is 100.0 Å². The Balaban J connectivity index is 0.000000605. The van der Waals surface area contributed by atoms with Crippen molar-refractivity contribution in [2.75, 3.05) is 0 Å². The first-order valence-electron chi connectivity index (χ1n) is 3.63. The van der Waals surface area contributed by atoms with Gasteiger partial charge in [-0.2, -0.15) is 0 Å². The van der Waals surface area contributed by atoms with Gasteiger partial charge in [-0.25, -0.2) is 0 Å². The molecule has 1 aromatic rings. The van der Waals surface area contributed by atoms with Crippen LogP contribution in [-0.2, 0) is 39.1 Å². The summed E-state index contributed by atoms with van der Waals surface area (Å²) in [5.41, 5.74) is 4.33. The van der Waals surface area contributed by atoms with Crippen molar-refractivity contribution >= 4 is 5.57 Å². The van der Waals surface area contributed by atoms with Crippen LogP contribution in [0.15, 0.2) is 30.3 Å². The van der Waals surface area contributed by atoms with Crippen molar-refractivity contribution in [1.29, 1.82) is 0 Å². The number of benzene rings is 1. The van der Waals surface area contributed by atoms with Crippen LogP contribution in [0.3, 0.4) is 0 Å². The average molecular weight is 234 g/mol. The van der Waals surface area contributed by atoms with E-state index >= 15 is 0 Å². The summed E-state index contributed by atoms with van der Waals surface area (Å²) in [5.74, 6) is 0. The maximum absolute atomic E-state index is 2.28. The molecule has 61 valence electrons. The third-order valence-corrected chi connectivity index (χ3v) is 2.07. The fourth-order valence-electron chi connectivity index (χ4n) is 1.46. The van der Waals surface area contributed by atoms with Crippen molar-refractivity contribution in [1.82, 2.24) is 0 Å². The van der Waals surface area contributed by atoms with Gasteiger partial charge in [-0.05, 0) is 30.0 Å². The fraction of sp³-hybridized carbons (Fsp3) is 0.182. The Kier molecular flexibility index (Phi) is 4.96. The molecule has 0 nitrogen and oxygen atoms in total. The van der Waals surface area contributed by atoms with Crippen LogP contribution in [0.5, 0.6) is 0 Å². The third-order valence-electron chi connectivity index (χ3n) is 2.07. The molecule has 0 saturated heterocycles. The molecule has 2 rings (SSSR count). The van der Waals surface area contributed by atoms with Gasteiger partial charge in [0.2, 0.25) is 0 Å². The van der Waals surface area contributed by atoms with E-state index in [2.05, 4.69) is 37.3 Å². The quantitative estimate of drug-likeness (QED) is 0.605. The molecule has 0 amide bonds. The van der Waals surface area contributed by atoms with E-state index in [0.717, 1.165) is 6.42 Å². The van der Waals surface area contributed by atoms with Crippen LogP contribution in [-0.4, -0.2) is 0 Å². The van der Waals surface area contributed by atoms with Crippen LogP contribution < -0.4 is 0 Å². The Morgan fingerprint density at radius 2 is 1.83 bits per heavy atom. The van der Waals surface area contributed by atoms with Gasteiger partial charge >= 0.3 is 0 Å². The van der Waals surface area contributed by atoms with E-state index in [1.165, 1.54) is 16.7 Å². The molecule has 1 aliphatic rings. The van der Waals surface area contributed by atoms with Gasteiger partial charge in [-0.1, -0.05) is 30.3 Å². The number of fused-ring (bicyclic) bond motifs is 1. The summed E-state index contributed by atoms with van der Waals surface area (Å²) in [4.78, 5) is 0. The fourth-order valence-corrected chi connectivity index (χ4v) is 1.46. The Hall–Kier alpha value is 0.0639. The summed E-state index contributed by atoms with van der Waals surface area (Å²) >= 11 is 0. The summed E-state index contributed by atoms with van der Waals surface area (Å²) in [6.07, 6.45) is 3.41. The first-order valence-corrected chi connectivity index (χ1v) is 3.63. The van der Waals surface area contributed by atoms with Crippen molar-refractivity contribution in [2.24, 2.45) is 0 Å². The number of hydrogen-bond acceptors (Lipinski definition) is 0. The monoisotopic (exact) mass is 234 g/mol. The Bertz CT molecular complexity index is 287. The van der Waals surface area contributed by atoms with Gasteiger partial charge in [0, 0.05) is 32.7 Å². The van der Waals surface area contributed by atoms with Gasteiger partial charge in [0.15, 0.2) is 0 Å². The Morgan fingerprint density at radius 1 is 1.17 bits per heavy atom. The van der Waals surface area contributed by atoms with Gasteiger partial charge in [0.25, 0.3) is 0 Å². The number of rotatable bonds is 0. The molecule has 1 radical (unpaired) electrons. The maximum Gasteiger partial charge on any atom is 0 e. The van der Waals surface area contributed by atoms with Crippen LogP contribution in [0.4, 0.5) is 0 Å². The van der Waals surface area contributed by atoms with Crippen LogP contribution in [0.1, 0.15) is 18.1 Å². The van der Waals surface area contributed by atoms with Gasteiger partial charge in [-0.15, -0.1) is 0 Å². The van der Waals surface area contributed by atoms with E-state index in [4.69, 9.17) is 0 Å². The zero-order valence-electron chi connectivity index (χ0n) is 7.67. The summed E-state index contributed by atoms with van der Waals surface area (Å²) in [6, 6.07) is 8.59. The van der Waals surface area contributed by atoms with Crippen LogP contribution in [0.2, 0.25) is 0 Å².